The van der Waals surface area contributed by atoms with Crippen molar-refractivity contribution in [1.29, 1.82) is 0 Å². The summed E-state index contributed by atoms with van der Waals surface area (Å²) in [5.41, 5.74) is 0.565. The van der Waals surface area contributed by atoms with Gasteiger partial charge in [0.1, 0.15) is 11.5 Å². The molecule has 1 N–H and O–H groups in total. The lowest BCUT2D eigenvalue weighted by Crippen LogP contribution is -2.51. The molecule has 1 amide bonds. The number of hydrogen-bond acceptors (Lipinski definition) is 6. The number of sulfone groups is 1. The molecule has 0 radical (unpaired) electrons. The Kier molecular flexibility index (Phi) is 7.40. The van der Waals surface area contributed by atoms with Crippen LogP contribution in [0.5, 0.6) is 11.5 Å². The van der Waals surface area contributed by atoms with E-state index in [-0.39, 0.29) is 23.5 Å². The molecule has 7 nitrogen and oxygen atoms in total. The van der Waals surface area contributed by atoms with E-state index >= 15 is 0 Å². The smallest absolute Gasteiger partial charge is 0.241 e. The van der Waals surface area contributed by atoms with Gasteiger partial charge in [-0.3, -0.25) is 9.69 Å². The molecule has 1 saturated heterocycles. The molecule has 1 atom stereocenters. The van der Waals surface area contributed by atoms with Crippen LogP contribution in [0.25, 0.3) is 0 Å². The topological polar surface area (TPSA) is 84.9 Å². The van der Waals surface area contributed by atoms with Gasteiger partial charge in [0.25, 0.3) is 0 Å². The maximum absolute atomic E-state index is 13.3. The molecule has 0 unspecified atom stereocenters. The minimum absolute atomic E-state index is 0.110. The quantitative estimate of drug-likeness (QED) is 0.724. The Morgan fingerprint density at radius 3 is 2.45 bits per heavy atom. The second-order valence-corrected chi connectivity index (χ2v) is 10.3. The second kappa shape index (κ2) is 9.80. The van der Waals surface area contributed by atoms with Crippen LogP contribution in [0.1, 0.15) is 38.5 Å². The highest BCUT2D eigenvalue weighted by molar-refractivity contribution is 7.91. The van der Waals surface area contributed by atoms with Crippen molar-refractivity contribution < 1.29 is 22.7 Å². The fourth-order valence-corrected chi connectivity index (χ4v) is 5.56. The van der Waals surface area contributed by atoms with Gasteiger partial charge in [-0.1, -0.05) is 32.1 Å². The van der Waals surface area contributed by atoms with E-state index in [9.17, 15) is 13.2 Å². The van der Waals surface area contributed by atoms with E-state index in [1.807, 2.05) is 4.90 Å². The molecular weight excluding hydrogens is 392 g/mol. The van der Waals surface area contributed by atoms with Crippen molar-refractivity contribution in [3.05, 3.63) is 18.2 Å². The number of carbonyl (C=O) groups is 1. The molecule has 1 aliphatic carbocycles. The summed E-state index contributed by atoms with van der Waals surface area (Å²) in [6.07, 6.45) is 6.71. The molecule has 29 heavy (non-hydrogen) atoms. The van der Waals surface area contributed by atoms with E-state index in [4.69, 9.17) is 9.47 Å². The van der Waals surface area contributed by atoms with Gasteiger partial charge in [0.2, 0.25) is 5.91 Å². The van der Waals surface area contributed by atoms with Gasteiger partial charge >= 0.3 is 0 Å². The number of ether oxygens (including phenoxy) is 2. The van der Waals surface area contributed by atoms with Crippen LogP contribution in [0.4, 0.5) is 5.69 Å². The summed E-state index contributed by atoms with van der Waals surface area (Å²) in [6, 6.07) is 4.95. The Morgan fingerprint density at radius 2 is 1.83 bits per heavy atom. The molecule has 1 aromatic carbocycles. The number of methoxy groups -OCH3 is 2. The van der Waals surface area contributed by atoms with Crippen LogP contribution in [0.3, 0.4) is 0 Å². The Bertz CT molecular complexity index is 791. The molecule has 1 heterocycles. The average molecular weight is 425 g/mol. The molecule has 1 saturated carbocycles. The van der Waals surface area contributed by atoms with Gasteiger partial charge in [0.05, 0.1) is 37.5 Å². The van der Waals surface area contributed by atoms with Crippen molar-refractivity contribution in [2.45, 2.75) is 44.6 Å². The molecule has 162 valence electrons. The van der Waals surface area contributed by atoms with E-state index < -0.39 is 9.84 Å². The molecule has 1 aliphatic heterocycles. The number of nitrogens with one attached hydrogen (secondary N) is 1. The molecular formula is C21H32N2O5S. The van der Waals surface area contributed by atoms with Crippen molar-refractivity contribution >= 4 is 21.4 Å². The zero-order valence-electron chi connectivity index (χ0n) is 17.4. The fourth-order valence-electron chi connectivity index (χ4n) is 4.33. The third kappa shape index (κ3) is 5.85. The van der Waals surface area contributed by atoms with Gasteiger partial charge < -0.3 is 14.8 Å². The van der Waals surface area contributed by atoms with Gasteiger partial charge in [-0.15, -0.1) is 0 Å². The lowest BCUT2D eigenvalue weighted by molar-refractivity contribution is -0.122. The molecule has 2 aliphatic rings. The van der Waals surface area contributed by atoms with Gasteiger partial charge in [-0.05, 0) is 24.5 Å². The Morgan fingerprint density at radius 1 is 1.14 bits per heavy atom. The van der Waals surface area contributed by atoms with Crippen LogP contribution in [0.15, 0.2) is 18.2 Å². The van der Waals surface area contributed by atoms with Crippen molar-refractivity contribution in [3.8, 4) is 11.5 Å². The second-order valence-electron chi connectivity index (χ2n) is 8.00. The highest BCUT2D eigenvalue weighted by Crippen LogP contribution is 2.32. The first kappa shape index (κ1) is 21.9. The van der Waals surface area contributed by atoms with Crippen molar-refractivity contribution in [2.24, 2.45) is 5.92 Å². The number of carbonyl (C=O) groups excluding carboxylic acids is 1. The van der Waals surface area contributed by atoms with Crippen LogP contribution >= 0.6 is 0 Å². The van der Waals surface area contributed by atoms with E-state index in [1.165, 1.54) is 19.3 Å². The third-order valence-electron chi connectivity index (χ3n) is 6.07. The predicted octanol–water partition coefficient (Wildman–Crippen LogP) is 2.71. The molecule has 8 heteroatoms. The number of rotatable bonds is 7. The molecule has 0 spiro atoms. The van der Waals surface area contributed by atoms with Crippen molar-refractivity contribution in [3.63, 3.8) is 0 Å². The van der Waals surface area contributed by atoms with Crippen molar-refractivity contribution in [1.82, 2.24) is 4.90 Å². The average Bonchev–Trinajstić information content (AvgIpc) is 2.73. The highest BCUT2D eigenvalue weighted by Gasteiger charge is 2.33. The first-order valence-corrected chi connectivity index (χ1v) is 12.2. The summed E-state index contributed by atoms with van der Waals surface area (Å²) in [7, 11) is 0.142. The van der Waals surface area contributed by atoms with Crippen LogP contribution in [0, 0.1) is 5.92 Å². The summed E-state index contributed by atoms with van der Waals surface area (Å²) in [5.74, 6) is 1.82. The summed E-state index contributed by atoms with van der Waals surface area (Å²) < 4.78 is 34.4. The zero-order valence-corrected chi connectivity index (χ0v) is 18.2. The monoisotopic (exact) mass is 424 g/mol. The molecule has 0 aromatic heterocycles. The normalized spacial score (nSPS) is 21.3. The standard InChI is InChI=1S/C21H32N2O5S/c1-27-17-8-9-20(28-2)18(15-17)22-21(24)19(14-16-6-4-3-5-7-16)23-10-12-29(25,26)13-11-23/h8-9,15-16,19H,3-7,10-14H2,1-2H3,(H,22,24)/t19-/m1/s1. The largest absolute Gasteiger partial charge is 0.497 e. The Hall–Kier alpha value is -1.80. The minimum atomic E-state index is -3.00. The molecule has 3 rings (SSSR count). The number of anilines is 1. The Balaban J connectivity index is 1.78. The van der Waals surface area contributed by atoms with E-state index in [0.29, 0.717) is 36.2 Å². The number of amides is 1. The first-order chi connectivity index (χ1) is 13.9. The summed E-state index contributed by atoms with van der Waals surface area (Å²) >= 11 is 0. The molecule has 0 bridgehead atoms. The SMILES string of the molecule is COc1ccc(OC)c(NC(=O)[C@@H](CC2CCCCC2)N2CCS(=O)(=O)CC2)c1. The maximum Gasteiger partial charge on any atom is 0.241 e. The Labute approximate surface area is 173 Å². The zero-order chi connectivity index (χ0) is 20.9. The minimum Gasteiger partial charge on any atom is -0.497 e. The predicted molar refractivity (Wildman–Crippen MR) is 113 cm³/mol. The molecule has 1 aromatic rings. The van der Waals surface area contributed by atoms with Crippen LogP contribution < -0.4 is 14.8 Å². The number of benzene rings is 1. The van der Waals surface area contributed by atoms with Crippen LogP contribution in [0.2, 0.25) is 0 Å². The van der Waals surface area contributed by atoms with Gasteiger partial charge in [0, 0.05) is 19.2 Å². The maximum atomic E-state index is 13.3. The summed E-state index contributed by atoms with van der Waals surface area (Å²) in [5, 5.41) is 3.01. The van der Waals surface area contributed by atoms with Crippen LogP contribution in [-0.4, -0.2) is 64.1 Å². The fraction of sp³-hybridized carbons (Fsp3) is 0.667. The first-order valence-electron chi connectivity index (χ1n) is 10.4. The van der Waals surface area contributed by atoms with Crippen molar-refractivity contribution in [2.75, 3.05) is 44.1 Å². The lowest BCUT2D eigenvalue weighted by Gasteiger charge is -2.36. The van der Waals surface area contributed by atoms with Gasteiger partial charge in [-0.25, -0.2) is 8.42 Å². The number of nitrogens with zero attached hydrogens (tertiary/aromatic N) is 1. The summed E-state index contributed by atoms with van der Waals surface area (Å²) in [6.45, 7) is 0.810. The van der Waals surface area contributed by atoms with Gasteiger partial charge in [-0.2, -0.15) is 0 Å². The van der Waals surface area contributed by atoms with E-state index in [0.717, 1.165) is 19.3 Å². The van der Waals surface area contributed by atoms with E-state index in [2.05, 4.69) is 5.32 Å². The third-order valence-corrected chi connectivity index (χ3v) is 7.68. The number of hydrogen-bond donors (Lipinski definition) is 1. The van der Waals surface area contributed by atoms with Crippen LogP contribution in [-0.2, 0) is 14.6 Å². The highest BCUT2D eigenvalue weighted by atomic mass is 32.2. The molecule has 2 fully saturated rings. The lowest BCUT2D eigenvalue weighted by atomic mass is 9.84. The van der Waals surface area contributed by atoms with E-state index in [1.54, 1.807) is 32.4 Å². The van der Waals surface area contributed by atoms with Gasteiger partial charge in [0.15, 0.2) is 9.84 Å². The summed E-state index contributed by atoms with van der Waals surface area (Å²) in [4.78, 5) is 15.4.